The zero-order chi connectivity index (χ0) is 17.3. The van der Waals surface area contributed by atoms with Gasteiger partial charge in [0.15, 0.2) is 0 Å². The van der Waals surface area contributed by atoms with E-state index < -0.39 is 33.9 Å². The first-order valence-corrected chi connectivity index (χ1v) is 7.48. The van der Waals surface area contributed by atoms with Crippen LogP contribution in [0.3, 0.4) is 0 Å². The average molecular weight is 354 g/mol. The van der Waals surface area contributed by atoms with E-state index in [0.717, 1.165) is 12.1 Å². The van der Waals surface area contributed by atoms with E-state index in [-0.39, 0.29) is 17.7 Å². The highest BCUT2D eigenvalue weighted by Gasteiger charge is 2.38. The van der Waals surface area contributed by atoms with Crippen molar-refractivity contribution >= 4 is 10.2 Å². The molecule has 0 saturated carbocycles. The maximum Gasteiger partial charge on any atom is 0.471 e. The molecular weight excluding hydrogens is 344 g/mol. The molecule has 1 aromatic heterocycles. The molecule has 0 amide bonds. The molecule has 0 aliphatic rings. The maximum atomic E-state index is 13.9. The van der Waals surface area contributed by atoms with Crippen LogP contribution in [0.1, 0.15) is 11.5 Å². The van der Waals surface area contributed by atoms with Gasteiger partial charge in [-0.25, -0.2) is 9.11 Å². The van der Waals surface area contributed by atoms with Gasteiger partial charge in [0.1, 0.15) is 5.82 Å². The Hall–Kier alpha value is -2.05. The Balaban J connectivity index is 2.21. The molecule has 7 nitrogen and oxygen atoms in total. The van der Waals surface area contributed by atoms with Crippen molar-refractivity contribution in [3.05, 3.63) is 35.5 Å². The summed E-state index contributed by atoms with van der Waals surface area (Å²) in [5, 5.41) is 3.07. The van der Waals surface area contributed by atoms with E-state index in [9.17, 15) is 26.0 Å². The van der Waals surface area contributed by atoms with Crippen LogP contribution in [0.5, 0.6) is 0 Å². The molecular formula is C11H10F4N4O3S. The third-order valence-electron chi connectivity index (χ3n) is 2.68. The first kappa shape index (κ1) is 17.3. The Morgan fingerprint density at radius 2 is 2.00 bits per heavy atom. The van der Waals surface area contributed by atoms with E-state index in [4.69, 9.17) is 0 Å². The fraction of sp³-hybridized carbons (Fsp3) is 0.273. The van der Waals surface area contributed by atoms with Crippen LogP contribution in [0.2, 0.25) is 0 Å². The van der Waals surface area contributed by atoms with E-state index in [1.54, 1.807) is 0 Å². The third kappa shape index (κ3) is 4.24. The smallest absolute Gasteiger partial charge is 0.329 e. The van der Waals surface area contributed by atoms with Crippen molar-refractivity contribution in [3.63, 3.8) is 0 Å². The normalized spacial score (nSPS) is 12.6. The summed E-state index contributed by atoms with van der Waals surface area (Å²) in [5.74, 6) is -3.06. The SMILES string of the molecule is CNS(=O)(=O)NCc1ccc(-c2noc(C(F)(F)F)n2)c(F)c1. The molecule has 1 aromatic carbocycles. The Morgan fingerprint density at radius 1 is 1.30 bits per heavy atom. The minimum absolute atomic E-state index is 0.208. The van der Waals surface area contributed by atoms with E-state index >= 15 is 0 Å². The fourth-order valence-corrected chi connectivity index (χ4v) is 2.05. The Labute approximate surface area is 127 Å². The van der Waals surface area contributed by atoms with Gasteiger partial charge in [-0.15, -0.1) is 0 Å². The Morgan fingerprint density at radius 3 is 2.52 bits per heavy atom. The van der Waals surface area contributed by atoms with Crippen molar-refractivity contribution in [2.75, 3.05) is 7.05 Å². The van der Waals surface area contributed by atoms with Crippen molar-refractivity contribution in [1.29, 1.82) is 0 Å². The second kappa shape index (κ2) is 6.22. The van der Waals surface area contributed by atoms with E-state index in [2.05, 4.69) is 19.4 Å². The quantitative estimate of drug-likeness (QED) is 0.792. The second-order valence-electron chi connectivity index (χ2n) is 4.26. The molecule has 2 N–H and O–H groups in total. The van der Waals surface area contributed by atoms with Gasteiger partial charge >= 0.3 is 12.1 Å². The van der Waals surface area contributed by atoms with Gasteiger partial charge in [0.05, 0.1) is 5.56 Å². The molecule has 0 unspecified atom stereocenters. The van der Waals surface area contributed by atoms with Crippen LogP contribution >= 0.6 is 0 Å². The molecule has 0 saturated heterocycles. The van der Waals surface area contributed by atoms with Crippen LogP contribution in [0.4, 0.5) is 17.6 Å². The lowest BCUT2D eigenvalue weighted by atomic mass is 10.1. The first-order valence-electron chi connectivity index (χ1n) is 6.00. The summed E-state index contributed by atoms with van der Waals surface area (Å²) in [6, 6.07) is 3.40. The lowest BCUT2D eigenvalue weighted by Crippen LogP contribution is -2.33. The summed E-state index contributed by atoms with van der Waals surface area (Å²) in [4.78, 5) is 3.08. The molecule has 126 valence electrons. The lowest BCUT2D eigenvalue weighted by Gasteiger charge is -2.06. The van der Waals surface area contributed by atoms with Crippen molar-refractivity contribution in [2.45, 2.75) is 12.7 Å². The van der Waals surface area contributed by atoms with Gasteiger partial charge in [0.25, 0.3) is 10.2 Å². The van der Waals surface area contributed by atoms with Gasteiger partial charge in [0.2, 0.25) is 5.82 Å². The second-order valence-corrected chi connectivity index (χ2v) is 5.97. The molecule has 2 rings (SSSR count). The highest BCUT2D eigenvalue weighted by Crippen LogP contribution is 2.30. The number of halogens is 4. The minimum Gasteiger partial charge on any atom is -0.329 e. The molecule has 0 aliphatic carbocycles. The summed E-state index contributed by atoms with van der Waals surface area (Å²) in [6.07, 6.45) is -4.83. The number of nitrogens with zero attached hydrogens (tertiary/aromatic N) is 2. The van der Waals surface area contributed by atoms with Crippen molar-refractivity contribution in [1.82, 2.24) is 19.6 Å². The van der Waals surface area contributed by atoms with Gasteiger partial charge in [-0.2, -0.15) is 31.3 Å². The summed E-state index contributed by atoms with van der Waals surface area (Å²) < 4.78 is 81.6. The topological polar surface area (TPSA) is 97.1 Å². The molecule has 0 radical (unpaired) electrons. The minimum atomic E-state index is -4.83. The van der Waals surface area contributed by atoms with Gasteiger partial charge in [-0.3, -0.25) is 0 Å². The van der Waals surface area contributed by atoms with Crippen molar-refractivity contribution in [3.8, 4) is 11.4 Å². The van der Waals surface area contributed by atoms with Crippen LogP contribution in [0.15, 0.2) is 22.7 Å². The molecule has 2 aromatic rings. The molecule has 0 fully saturated rings. The molecule has 0 spiro atoms. The highest BCUT2D eigenvalue weighted by atomic mass is 32.2. The number of alkyl halides is 3. The summed E-state index contributed by atoms with van der Waals surface area (Å²) in [7, 11) is -2.50. The first-order chi connectivity index (χ1) is 10.6. The molecule has 0 atom stereocenters. The van der Waals surface area contributed by atoms with Gasteiger partial charge < -0.3 is 4.52 Å². The number of hydrogen-bond donors (Lipinski definition) is 2. The maximum absolute atomic E-state index is 13.9. The Kier molecular flexibility index (Phi) is 4.68. The number of nitrogens with one attached hydrogen (secondary N) is 2. The molecule has 12 heteroatoms. The number of benzene rings is 1. The van der Waals surface area contributed by atoms with Gasteiger partial charge in [-0.1, -0.05) is 11.2 Å². The van der Waals surface area contributed by atoms with Crippen molar-refractivity contribution < 1.29 is 30.5 Å². The van der Waals surface area contributed by atoms with Gasteiger partial charge in [0, 0.05) is 13.6 Å². The van der Waals surface area contributed by atoms with E-state index in [0.29, 0.717) is 0 Å². The predicted molar refractivity (Wildman–Crippen MR) is 69.5 cm³/mol. The van der Waals surface area contributed by atoms with Crippen LogP contribution < -0.4 is 9.44 Å². The van der Waals surface area contributed by atoms with Crippen LogP contribution in [-0.4, -0.2) is 25.6 Å². The number of rotatable bonds is 5. The van der Waals surface area contributed by atoms with Crippen LogP contribution in [-0.2, 0) is 22.9 Å². The molecule has 0 aliphatic heterocycles. The zero-order valence-corrected chi connectivity index (χ0v) is 12.3. The zero-order valence-electron chi connectivity index (χ0n) is 11.5. The molecule has 0 bridgehead atoms. The molecule has 1 heterocycles. The number of hydrogen-bond acceptors (Lipinski definition) is 5. The number of aromatic nitrogens is 2. The van der Waals surface area contributed by atoms with E-state index in [1.165, 1.54) is 13.1 Å². The predicted octanol–water partition coefficient (Wildman–Crippen LogP) is 1.45. The van der Waals surface area contributed by atoms with Gasteiger partial charge in [-0.05, 0) is 17.7 Å². The summed E-state index contributed by atoms with van der Waals surface area (Å²) in [6.45, 7) is -0.208. The van der Waals surface area contributed by atoms with Crippen LogP contribution in [0, 0.1) is 5.82 Å². The Bertz CT molecular complexity index is 804. The van der Waals surface area contributed by atoms with Crippen LogP contribution in [0.25, 0.3) is 11.4 Å². The average Bonchev–Trinajstić information content (AvgIpc) is 2.95. The molecule has 23 heavy (non-hydrogen) atoms. The van der Waals surface area contributed by atoms with E-state index in [1.807, 2.05) is 4.72 Å². The third-order valence-corrected chi connectivity index (χ3v) is 3.74. The largest absolute Gasteiger partial charge is 0.471 e. The monoisotopic (exact) mass is 354 g/mol. The standard InChI is InChI=1S/C11H10F4N4O3S/c1-16-23(20,21)17-5-6-2-3-7(8(12)4-6)9-18-10(22-19-9)11(13,14)15/h2-4,16-17H,5H2,1H3. The fourth-order valence-electron chi connectivity index (χ4n) is 1.55. The lowest BCUT2D eigenvalue weighted by molar-refractivity contribution is -0.159. The van der Waals surface area contributed by atoms with Crippen molar-refractivity contribution in [2.24, 2.45) is 0 Å². The summed E-state index contributed by atoms with van der Waals surface area (Å²) >= 11 is 0. The highest BCUT2D eigenvalue weighted by molar-refractivity contribution is 7.87. The summed E-state index contributed by atoms with van der Waals surface area (Å²) in [5.41, 5.74) is -0.0471.